The lowest BCUT2D eigenvalue weighted by Gasteiger charge is -2.34. The number of imide groups is 1. The molecule has 1 aliphatic rings. The Hall–Kier alpha value is -1.53. The van der Waals surface area contributed by atoms with Gasteiger partial charge in [0.1, 0.15) is 11.6 Å². The number of hydrogen-bond donors (Lipinski definition) is 0. The summed E-state index contributed by atoms with van der Waals surface area (Å²) in [6, 6.07) is 6.93. The summed E-state index contributed by atoms with van der Waals surface area (Å²) in [7, 11) is 0. The topological polar surface area (TPSA) is 60.4 Å². The zero-order valence-corrected chi connectivity index (χ0v) is 17.5. The van der Waals surface area contributed by atoms with Crippen LogP contribution in [0, 0.1) is 0 Å². The molecule has 0 spiro atoms. The maximum atomic E-state index is 13.0. The number of carbonyl (C=O) groups excluding carboxylic acids is 3. The second kappa shape index (κ2) is 8.01. The third-order valence-electron chi connectivity index (χ3n) is 4.78. The average Bonchev–Trinajstić information content (AvgIpc) is 2.94. The summed E-state index contributed by atoms with van der Waals surface area (Å²) in [5.41, 5.74) is -0.0858. The van der Waals surface area contributed by atoms with Crippen molar-refractivity contribution in [2.75, 3.05) is 6.54 Å². The molecule has 6 heteroatoms. The van der Waals surface area contributed by atoms with Crippen molar-refractivity contribution < 1.29 is 23.6 Å². The van der Waals surface area contributed by atoms with Crippen LogP contribution in [0.5, 0.6) is 0 Å². The maximum absolute atomic E-state index is 13.0. The van der Waals surface area contributed by atoms with Crippen LogP contribution in [0.25, 0.3) is 0 Å². The molecule has 0 bridgehead atoms. The molecule has 2 rings (SSSR count). The molecule has 142 valence electrons. The van der Waals surface area contributed by atoms with E-state index in [0.29, 0.717) is 12.1 Å². The molecular weight excluding hydrogens is 398 g/mol. The van der Waals surface area contributed by atoms with Crippen LogP contribution in [0.4, 0.5) is 4.79 Å². The predicted molar refractivity (Wildman–Crippen MR) is 103 cm³/mol. The van der Waals surface area contributed by atoms with Crippen molar-refractivity contribution in [3.05, 3.63) is 34.3 Å². The molecule has 1 aliphatic heterocycles. The van der Waals surface area contributed by atoms with Gasteiger partial charge in [0.25, 0.3) is 0 Å². The second-order valence-electron chi connectivity index (χ2n) is 7.89. The van der Waals surface area contributed by atoms with Gasteiger partial charge in [0, 0.05) is 29.3 Å². The smallest absolute Gasteiger partial charge is 0.414 e. The standard InChI is InChI=1S/C20H27BrNO4/c1-14-6-5-13-22(14,19(25)26-20(2,3)4)18(24)12-11-17(23)15-7-9-16(21)10-8-15/h7-10,14H,5-6,11-13H2,1-4H3/q+1/t14-,22?/m1/s1. The van der Waals surface area contributed by atoms with E-state index in [1.807, 2.05) is 6.92 Å². The summed E-state index contributed by atoms with van der Waals surface area (Å²) < 4.78 is 6.14. The molecular formula is C20H27BrNO4+. The molecule has 1 unspecified atom stereocenters. The molecule has 26 heavy (non-hydrogen) atoms. The number of amides is 2. The number of nitrogens with zero attached hydrogens (tertiary/aromatic N) is 1. The molecule has 1 aromatic rings. The number of halogens is 1. The highest BCUT2D eigenvalue weighted by atomic mass is 79.9. The maximum Gasteiger partial charge on any atom is 0.524 e. The number of rotatable bonds is 4. The highest BCUT2D eigenvalue weighted by molar-refractivity contribution is 9.10. The Labute approximate surface area is 163 Å². The summed E-state index contributed by atoms with van der Waals surface area (Å²) in [6.45, 7) is 7.74. The third kappa shape index (κ3) is 4.60. The minimum atomic E-state index is -0.655. The molecule has 1 fully saturated rings. The Morgan fingerprint density at radius 2 is 1.77 bits per heavy atom. The van der Waals surface area contributed by atoms with Crippen molar-refractivity contribution >= 4 is 33.7 Å². The van der Waals surface area contributed by atoms with Crippen molar-refractivity contribution in [2.45, 2.75) is 65.0 Å². The van der Waals surface area contributed by atoms with Crippen LogP contribution in [0.3, 0.4) is 0 Å². The van der Waals surface area contributed by atoms with Crippen molar-refractivity contribution in [3.8, 4) is 0 Å². The second-order valence-corrected chi connectivity index (χ2v) is 8.80. The van der Waals surface area contributed by atoms with Crippen LogP contribution < -0.4 is 0 Å². The van der Waals surface area contributed by atoms with E-state index >= 15 is 0 Å². The van der Waals surface area contributed by atoms with Crippen molar-refractivity contribution in [3.63, 3.8) is 0 Å². The Morgan fingerprint density at radius 1 is 1.15 bits per heavy atom. The van der Waals surface area contributed by atoms with E-state index in [-0.39, 0.29) is 35.1 Å². The number of quaternary nitrogens is 1. The fourth-order valence-electron chi connectivity index (χ4n) is 3.36. The number of Topliss-reactive ketones (excluding diaryl/α,β-unsaturated/α-hetero) is 1. The number of carbonyl (C=O) groups is 3. The van der Waals surface area contributed by atoms with Gasteiger partial charge in [-0.2, -0.15) is 9.28 Å². The lowest BCUT2D eigenvalue weighted by Crippen LogP contribution is -2.60. The van der Waals surface area contributed by atoms with Crippen LogP contribution in [0.15, 0.2) is 28.7 Å². The number of hydrogen-bond acceptors (Lipinski definition) is 4. The number of benzene rings is 1. The van der Waals surface area contributed by atoms with E-state index in [0.717, 1.165) is 17.3 Å². The van der Waals surface area contributed by atoms with E-state index < -0.39 is 11.7 Å². The first-order chi connectivity index (χ1) is 12.1. The minimum Gasteiger partial charge on any atom is -0.414 e. The highest BCUT2D eigenvalue weighted by Crippen LogP contribution is 2.31. The molecule has 2 amide bonds. The summed E-state index contributed by atoms with van der Waals surface area (Å²) in [5, 5.41) is 0. The largest absolute Gasteiger partial charge is 0.524 e. The van der Waals surface area contributed by atoms with Crippen LogP contribution in [-0.4, -0.2) is 40.5 Å². The van der Waals surface area contributed by atoms with Gasteiger partial charge < -0.3 is 4.74 Å². The first-order valence-corrected chi connectivity index (χ1v) is 9.79. The molecule has 0 N–H and O–H groups in total. The monoisotopic (exact) mass is 424 g/mol. The first-order valence-electron chi connectivity index (χ1n) is 9.00. The zero-order valence-electron chi connectivity index (χ0n) is 15.9. The Morgan fingerprint density at radius 3 is 2.27 bits per heavy atom. The van der Waals surface area contributed by atoms with Gasteiger partial charge in [-0.05, 0) is 39.8 Å². The minimum absolute atomic E-state index is 0.0402. The fraction of sp³-hybridized carbons (Fsp3) is 0.550. The molecule has 1 heterocycles. The SMILES string of the molecule is C[C@@H]1CCC[N+]1(C(=O)CCC(=O)c1ccc(Br)cc1)C(=O)OC(C)(C)C. The van der Waals surface area contributed by atoms with Gasteiger partial charge in [0.15, 0.2) is 5.78 Å². The van der Waals surface area contributed by atoms with Gasteiger partial charge in [-0.15, -0.1) is 0 Å². The third-order valence-corrected chi connectivity index (χ3v) is 5.31. The summed E-state index contributed by atoms with van der Waals surface area (Å²) in [4.78, 5) is 38.2. The zero-order chi connectivity index (χ0) is 19.5. The number of ether oxygens (including phenoxy) is 1. The van der Waals surface area contributed by atoms with Gasteiger partial charge in [-0.3, -0.25) is 4.79 Å². The van der Waals surface area contributed by atoms with Crippen LogP contribution in [0.2, 0.25) is 0 Å². The predicted octanol–water partition coefficient (Wildman–Crippen LogP) is 4.87. The van der Waals surface area contributed by atoms with Gasteiger partial charge >= 0.3 is 12.0 Å². The van der Waals surface area contributed by atoms with Crippen LogP contribution >= 0.6 is 15.9 Å². The summed E-state index contributed by atoms with van der Waals surface area (Å²) >= 11 is 3.34. The fourth-order valence-corrected chi connectivity index (χ4v) is 3.63. The van der Waals surface area contributed by atoms with Crippen LogP contribution in [-0.2, 0) is 9.53 Å². The summed E-state index contributed by atoms with van der Waals surface area (Å²) in [6.07, 6.45) is 1.23. The number of ketones is 1. The van der Waals surface area contributed by atoms with Crippen LogP contribution in [0.1, 0.15) is 63.7 Å². The van der Waals surface area contributed by atoms with Crippen molar-refractivity contribution in [1.82, 2.24) is 0 Å². The first kappa shape index (κ1) is 20.8. The van der Waals surface area contributed by atoms with Crippen molar-refractivity contribution in [2.24, 2.45) is 0 Å². The Balaban J connectivity index is 2.11. The lowest BCUT2D eigenvalue weighted by atomic mass is 10.1. The van der Waals surface area contributed by atoms with Gasteiger partial charge in [-0.25, -0.2) is 4.79 Å². The molecule has 0 saturated carbocycles. The summed E-state index contributed by atoms with van der Waals surface area (Å²) in [5.74, 6) is -0.324. The van der Waals surface area contributed by atoms with Gasteiger partial charge in [0.2, 0.25) is 0 Å². The van der Waals surface area contributed by atoms with E-state index in [1.54, 1.807) is 45.0 Å². The average molecular weight is 425 g/mol. The quantitative estimate of drug-likeness (QED) is 0.510. The highest BCUT2D eigenvalue weighted by Gasteiger charge is 2.54. The van der Waals surface area contributed by atoms with E-state index in [2.05, 4.69) is 15.9 Å². The lowest BCUT2D eigenvalue weighted by molar-refractivity contribution is -0.794. The van der Waals surface area contributed by atoms with E-state index in [4.69, 9.17) is 4.74 Å². The van der Waals surface area contributed by atoms with Gasteiger partial charge in [0.05, 0.1) is 13.0 Å². The van der Waals surface area contributed by atoms with E-state index in [9.17, 15) is 14.4 Å². The normalized spacial score (nSPS) is 22.9. The molecule has 5 nitrogen and oxygen atoms in total. The van der Waals surface area contributed by atoms with E-state index in [1.165, 1.54) is 0 Å². The Bertz CT molecular complexity index is 693. The molecule has 0 aliphatic carbocycles. The number of likely N-dealkylation sites (tertiary alicyclic amines) is 1. The molecule has 0 aromatic heterocycles. The Kier molecular flexibility index (Phi) is 6.40. The molecule has 1 aromatic carbocycles. The molecule has 1 saturated heterocycles. The molecule has 2 atom stereocenters. The molecule has 0 radical (unpaired) electrons. The van der Waals surface area contributed by atoms with Gasteiger partial charge in [-0.1, -0.05) is 28.1 Å². The van der Waals surface area contributed by atoms with Crippen molar-refractivity contribution in [1.29, 1.82) is 0 Å².